The van der Waals surface area contributed by atoms with Gasteiger partial charge in [0.05, 0.1) is 11.0 Å². The number of ketones is 1. The van der Waals surface area contributed by atoms with E-state index in [2.05, 4.69) is 25.0 Å². The van der Waals surface area contributed by atoms with Gasteiger partial charge in [-0.1, -0.05) is 36.4 Å². The van der Waals surface area contributed by atoms with Gasteiger partial charge in [0.1, 0.15) is 11.6 Å². The van der Waals surface area contributed by atoms with Crippen LogP contribution >= 0.6 is 0 Å². The Hall–Kier alpha value is -4.33. The Bertz CT molecular complexity index is 1490. The number of fused-ring (bicyclic) bond motifs is 3. The normalized spacial score (nSPS) is 14.1. The Morgan fingerprint density at radius 1 is 0.824 bits per heavy atom. The number of hydrogen-bond donors (Lipinski definition) is 0. The summed E-state index contributed by atoms with van der Waals surface area (Å²) in [4.78, 5) is 27.0. The van der Waals surface area contributed by atoms with Crippen molar-refractivity contribution in [2.75, 3.05) is 36.0 Å². The monoisotopic (exact) mass is 449 g/mol. The minimum absolute atomic E-state index is 0.0175. The highest BCUT2D eigenvalue weighted by Crippen LogP contribution is 2.27. The molecule has 1 saturated heterocycles. The van der Waals surface area contributed by atoms with Gasteiger partial charge in [0.2, 0.25) is 5.65 Å². The van der Waals surface area contributed by atoms with Crippen molar-refractivity contribution in [3.8, 4) is 0 Å². The molecule has 34 heavy (non-hydrogen) atoms. The van der Waals surface area contributed by atoms with Crippen LogP contribution in [0.1, 0.15) is 21.7 Å². The molecule has 0 unspecified atom stereocenters. The first-order chi connectivity index (χ1) is 16.7. The second-order valence-corrected chi connectivity index (χ2v) is 8.40. The molecule has 0 aliphatic carbocycles. The third kappa shape index (κ3) is 3.44. The van der Waals surface area contributed by atoms with E-state index >= 15 is 0 Å². The second-order valence-electron chi connectivity index (χ2n) is 8.40. The van der Waals surface area contributed by atoms with Crippen molar-refractivity contribution >= 4 is 34.1 Å². The maximum absolute atomic E-state index is 13.0. The topological polar surface area (TPSA) is 79.5 Å². The van der Waals surface area contributed by atoms with Gasteiger partial charge < -0.3 is 9.80 Å². The van der Waals surface area contributed by atoms with Gasteiger partial charge in [0.15, 0.2) is 11.6 Å². The van der Waals surface area contributed by atoms with E-state index in [1.165, 1.54) is 0 Å². The van der Waals surface area contributed by atoms with Gasteiger partial charge in [0, 0.05) is 43.5 Å². The molecule has 0 saturated carbocycles. The van der Waals surface area contributed by atoms with Crippen molar-refractivity contribution in [1.29, 1.82) is 0 Å². The fraction of sp³-hybridized carbons (Fsp3) is 0.192. The lowest BCUT2D eigenvalue weighted by molar-refractivity contribution is 0.103. The molecule has 6 rings (SSSR count). The van der Waals surface area contributed by atoms with Gasteiger partial charge in [0.25, 0.3) is 0 Å². The molecule has 8 heteroatoms. The van der Waals surface area contributed by atoms with Gasteiger partial charge in [-0.2, -0.15) is 0 Å². The number of benzene rings is 2. The van der Waals surface area contributed by atoms with Crippen LogP contribution in [-0.4, -0.2) is 56.5 Å². The van der Waals surface area contributed by atoms with E-state index in [4.69, 9.17) is 4.98 Å². The molecule has 1 fully saturated rings. The van der Waals surface area contributed by atoms with E-state index < -0.39 is 0 Å². The number of carbonyl (C=O) groups is 1. The summed E-state index contributed by atoms with van der Waals surface area (Å²) in [5.74, 6) is 2.56. The van der Waals surface area contributed by atoms with Gasteiger partial charge in [-0.15, -0.1) is 10.2 Å². The van der Waals surface area contributed by atoms with Crippen LogP contribution in [-0.2, 0) is 0 Å². The molecule has 0 amide bonds. The Balaban J connectivity index is 1.37. The van der Waals surface area contributed by atoms with Crippen LogP contribution in [0.2, 0.25) is 0 Å². The quantitative estimate of drug-likeness (QED) is 0.388. The van der Waals surface area contributed by atoms with Crippen LogP contribution in [0, 0.1) is 6.92 Å². The fourth-order valence-electron chi connectivity index (χ4n) is 4.55. The maximum Gasteiger partial charge on any atom is 0.204 e. The number of carbonyl (C=O) groups excluding carboxylic acids is 1. The first-order valence-electron chi connectivity index (χ1n) is 11.4. The van der Waals surface area contributed by atoms with Crippen LogP contribution < -0.4 is 9.80 Å². The summed E-state index contributed by atoms with van der Waals surface area (Å²) in [5, 5.41) is 8.79. The summed E-state index contributed by atoms with van der Waals surface area (Å²) >= 11 is 0. The summed E-state index contributed by atoms with van der Waals surface area (Å²) in [6, 6.07) is 21.0. The summed E-state index contributed by atoms with van der Waals surface area (Å²) < 4.78 is 2.00. The van der Waals surface area contributed by atoms with Crippen LogP contribution in [0.15, 0.2) is 72.9 Å². The predicted molar refractivity (Wildman–Crippen MR) is 132 cm³/mol. The molecule has 2 aromatic carbocycles. The number of rotatable bonds is 4. The first-order valence-corrected chi connectivity index (χ1v) is 11.4. The molecule has 8 nitrogen and oxygen atoms in total. The second kappa shape index (κ2) is 8.22. The highest BCUT2D eigenvalue weighted by molar-refractivity contribution is 6.10. The lowest BCUT2D eigenvalue weighted by Gasteiger charge is -2.36. The van der Waals surface area contributed by atoms with Crippen molar-refractivity contribution in [3.05, 3.63) is 89.9 Å². The molecule has 3 aromatic heterocycles. The molecule has 4 heterocycles. The molecule has 5 aromatic rings. The maximum atomic E-state index is 13.0. The number of hydrogen-bond acceptors (Lipinski definition) is 7. The van der Waals surface area contributed by atoms with Crippen molar-refractivity contribution in [3.63, 3.8) is 0 Å². The molecule has 0 atom stereocenters. The number of nitrogens with zero attached hydrogens (tertiary/aromatic N) is 7. The SMILES string of the molecule is Cc1nnc2c(N3CCN(c4ccccn4)CC3)nc3ccc(C(=O)c4ccccc4)cc3n12. The highest BCUT2D eigenvalue weighted by atomic mass is 16.1. The van der Waals surface area contributed by atoms with E-state index in [0.29, 0.717) is 16.8 Å². The number of anilines is 2. The molecule has 1 aliphatic heterocycles. The highest BCUT2D eigenvalue weighted by Gasteiger charge is 2.24. The van der Waals surface area contributed by atoms with Crippen LogP contribution in [0.4, 0.5) is 11.6 Å². The Labute approximate surface area is 196 Å². The lowest BCUT2D eigenvalue weighted by Crippen LogP contribution is -2.47. The van der Waals surface area contributed by atoms with Gasteiger partial charge >= 0.3 is 0 Å². The largest absolute Gasteiger partial charge is 0.353 e. The molecule has 0 N–H and O–H groups in total. The zero-order valence-electron chi connectivity index (χ0n) is 18.8. The predicted octanol–water partition coefficient (Wildman–Crippen LogP) is 3.54. The zero-order valence-corrected chi connectivity index (χ0v) is 18.8. The van der Waals surface area contributed by atoms with Crippen molar-refractivity contribution in [2.45, 2.75) is 6.92 Å². The molecular formula is C26H23N7O. The smallest absolute Gasteiger partial charge is 0.204 e. The fourth-order valence-corrected chi connectivity index (χ4v) is 4.55. The molecule has 0 spiro atoms. The average molecular weight is 450 g/mol. The van der Waals surface area contributed by atoms with Crippen molar-refractivity contribution in [1.82, 2.24) is 24.6 Å². The van der Waals surface area contributed by atoms with E-state index in [-0.39, 0.29) is 5.78 Å². The average Bonchev–Trinajstić information content (AvgIpc) is 3.30. The molecule has 168 valence electrons. The number of pyridine rings is 1. The summed E-state index contributed by atoms with van der Waals surface area (Å²) in [6.45, 7) is 5.23. The Morgan fingerprint density at radius 2 is 1.59 bits per heavy atom. The van der Waals surface area contributed by atoms with Gasteiger partial charge in [-0.3, -0.25) is 9.20 Å². The third-order valence-corrected chi connectivity index (χ3v) is 6.32. The van der Waals surface area contributed by atoms with Crippen molar-refractivity contribution in [2.24, 2.45) is 0 Å². The third-order valence-electron chi connectivity index (χ3n) is 6.32. The molecular weight excluding hydrogens is 426 g/mol. The Kier molecular flexibility index (Phi) is 4.91. The first kappa shape index (κ1) is 20.3. The molecule has 1 aliphatic rings. The molecule has 0 radical (unpaired) electrons. The lowest BCUT2D eigenvalue weighted by atomic mass is 10.0. The van der Waals surface area contributed by atoms with E-state index in [1.54, 1.807) is 0 Å². The van der Waals surface area contributed by atoms with Gasteiger partial charge in [-0.25, -0.2) is 9.97 Å². The number of piperazine rings is 1. The van der Waals surface area contributed by atoms with E-state index in [0.717, 1.165) is 54.7 Å². The summed E-state index contributed by atoms with van der Waals surface area (Å²) in [7, 11) is 0. The summed E-state index contributed by atoms with van der Waals surface area (Å²) in [5.41, 5.74) is 3.62. The van der Waals surface area contributed by atoms with Crippen LogP contribution in [0.25, 0.3) is 16.7 Å². The van der Waals surface area contributed by atoms with Crippen molar-refractivity contribution < 1.29 is 4.79 Å². The molecule has 0 bridgehead atoms. The minimum atomic E-state index is -0.0175. The standard InChI is InChI=1S/C26H23N7O/c1-18-29-30-26-25(32-15-13-31(14-16-32)23-9-5-6-12-27-23)28-21-11-10-20(17-22(21)33(18)26)24(34)19-7-3-2-4-8-19/h2-12,17H,13-16H2,1H3. The number of aryl methyl sites for hydroxylation is 1. The van der Waals surface area contributed by atoms with E-state index in [9.17, 15) is 4.79 Å². The van der Waals surface area contributed by atoms with Crippen LogP contribution in [0.3, 0.4) is 0 Å². The summed E-state index contributed by atoms with van der Waals surface area (Å²) in [6.07, 6.45) is 1.83. The van der Waals surface area contributed by atoms with Crippen LogP contribution in [0.5, 0.6) is 0 Å². The minimum Gasteiger partial charge on any atom is -0.353 e. The number of aromatic nitrogens is 5. The van der Waals surface area contributed by atoms with Gasteiger partial charge in [-0.05, 0) is 37.3 Å². The van der Waals surface area contributed by atoms with E-state index in [1.807, 2.05) is 84.3 Å². The zero-order chi connectivity index (χ0) is 23.1. The Morgan fingerprint density at radius 3 is 2.35 bits per heavy atom.